The summed E-state index contributed by atoms with van der Waals surface area (Å²) < 4.78 is 1.06. The summed E-state index contributed by atoms with van der Waals surface area (Å²) >= 11 is 25.7. The monoisotopic (exact) mass is 868 g/mol. The predicted molar refractivity (Wildman–Crippen MR) is 237 cm³/mol. The molecule has 4 aromatic rings. The van der Waals surface area contributed by atoms with E-state index in [0.717, 1.165) is 28.1 Å². The van der Waals surface area contributed by atoms with Gasteiger partial charge in [-0.25, -0.2) is 9.69 Å². The third-order valence-electron chi connectivity index (χ3n) is 10.1. The number of anilines is 2. The summed E-state index contributed by atoms with van der Waals surface area (Å²) in [5.41, 5.74) is 1.10. The Morgan fingerprint density at radius 2 is 1.45 bits per heavy atom. The van der Waals surface area contributed by atoms with E-state index in [1.165, 1.54) is 113 Å². The smallest absolute Gasteiger partial charge is 0.301 e. The number of azo groups is 1. The highest BCUT2D eigenvalue weighted by molar-refractivity contribution is 6.40. The van der Waals surface area contributed by atoms with Crippen molar-refractivity contribution in [1.29, 1.82) is 0 Å². The first-order valence-corrected chi connectivity index (χ1v) is 21.9. The minimum Gasteiger partial charge on any atom is -0.508 e. The molecule has 0 radical (unpaired) electrons. The van der Waals surface area contributed by atoms with Gasteiger partial charge in [0.25, 0.3) is 11.8 Å². The highest BCUT2D eigenvalue weighted by atomic mass is 35.5. The molecular formula is C44H52Cl4N6O4. The number of allylic oxidation sites excluding steroid dienone is 1. The number of alkyl halides is 1. The van der Waals surface area contributed by atoms with Crippen molar-refractivity contribution >= 4 is 87.2 Å². The summed E-state index contributed by atoms with van der Waals surface area (Å²) in [5, 5.41) is 23.1. The molecular weight excluding hydrogens is 818 g/mol. The number of nitrogens with one attached hydrogen (secondary N) is 1. The fourth-order valence-corrected chi connectivity index (χ4v) is 8.15. The Labute approximate surface area is 360 Å². The van der Waals surface area contributed by atoms with Crippen molar-refractivity contribution in [1.82, 2.24) is 14.8 Å². The van der Waals surface area contributed by atoms with Crippen molar-refractivity contribution in [2.45, 2.75) is 122 Å². The van der Waals surface area contributed by atoms with E-state index >= 15 is 0 Å². The predicted octanol–water partition coefficient (Wildman–Crippen LogP) is 13.9. The van der Waals surface area contributed by atoms with Gasteiger partial charge in [-0.2, -0.15) is 10.1 Å². The fourth-order valence-electron chi connectivity index (χ4n) is 6.94. The SMILES string of the molecule is CCCCCCCCCCCCCCCCC=Cc1cccc(N(c2[nH]n(-c3c(Cl)cc(Cl)cc3Cl)c(=O)c2N=Nc2ccc(O)c(C)c2)N2C(=O)CC(Cl)C2=O)c1. The molecule has 1 aliphatic rings. The van der Waals surface area contributed by atoms with Crippen LogP contribution in [0.4, 0.5) is 22.9 Å². The van der Waals surface area contributed by atoms with Crippen molar-refractivity contribution < 1.29 is 14.7 Å². The topological polar surface area (TPSA) is 123 Å². The van der Waals surface area contributed by atoms with Crippen LogP contribution in [0.5, 0.6) is 5.75 Å². The zero-order valence-electron chi connectivity index (χ0n) is 33.2. The number of aromatic amines is 1. The molecule has 1 unspecified atom stereocenters. The lowest BCUT2D eigenvalue weighted by Crippen LogP contribution is -2.44. The van der Waals surface area contributed by atoms with E-state index in [1.54, 1.807) is 31.2 Å². The van der Waals surface area contributed by atoms with Crippen LogP contribution < -0.4 is 10.6 Å². The van der Waals surface area contributed by atoms with Gasteiger partial charge in [0.05, 0.1) is 27.8 Å². The average Bonchev–Trinajstić information content (AvgIpc) is 3.63. The number of aryl methyl sites for hydroxylation is 1. The molecule has 1 aromatic heterocycles. The Balaban J connectivity index is 1.36. The molecule has 0 aliphatic carbocycles. The van der Waals surface area contributed by atoms with Gasteiger partial charge in [-0.3, -0.25) is 19.5 Å². The lowest BCUT2D eigenvalue weighted by atomic mass is 10.0. The number of aromatic hydroxyl groups is 1. The molecule has 1 saturated heterocycles. The molecule has 0 saturated carbocycles. The van der Waals surface area contributed by atoms with E-state index in [9.17, 15) is 19.5 Å². The Bertz CT molecular complexity index is 2130. The van der Waals surface area contributed by atoms with E-state index in [2.05, 4.69) is 28.3 Å². The summed E-state index contributed by atoms with van der Waals surface area (Å²) in [6.07, 6.45) is 23.0. The summed E-state index contributed by atoms with van der Waals surface area (Å²) in [6.45, 7) is 3.96. The van der Waals surface area contributed by atoms with Crippen molar-refractivity contribution in [3.8, 4) is 11.4 Å². The number of rotatable bonds is 22. The number of hydrogen-bond acceptors (Lipinski definition) is 7. The molecule has 2 N–H and O–H groups in total. The Morgan fingerprint density at radius 3 is 2.03 bits per heavy atom. The number of phenolic OH excluding ortho intramolecular Hbond substituents is 1. The number of phenols is 1. The Hall–Kier alpha value is -4.09. The molecule has 2 amide bonds. The maximum atomic E-state index is 14.3. The van der Waals surface area contributed by atoms with Crippen LogP contribution in [0.2, 0.25) is 15.1 Å². The highest BCUT2D eigenvalue weighted by Crippen LogP contribution is 2.39. The second-order valence-corrected chi connectivity index (χ2v) is 16.5. The number of imide groups is 1. The maximum absolute atomic E-state index is 14.3. The number of aromatic nitrogens is 2. The largest absolute Gasteiger partial charge is 0.508 e. The van der Waals surface area contributed by atoms with E-state index < -0.39 is 22.8 Å². The van der Waals surface area contributed by atoms with Gasteiger partial charge < -0.3 is 5.11 Å². The van der Waals surface area contributed by atoms with Gasteiger partial charge in [0.15, 0.2) is 11.5 Å². The van der Waals surface area contributed by atoms with Crippen molar-refractivity contribution in [3.05, 3.63) is 97.2 Å². The Kier molecular flexibility index (Phi) is 17.3. The van der Waals surface area contributed by atoms with E-state index in [0.29, 0.717) is 16.9 Å². The van der Waals surface area contributed by atoms with Crippen LogP contribution >= 0.6 is 46.4 Å². The number of carbonyl (C=O) groups is 2. The van der Waals surface area contributed by atoms with E-state index in [-0.39, 0.29) is 44.4 Å². The van der Waals surface area contributed by atoms with Crippen molar-refractivity contribution in [2.24, 2.45) is 10.2 Å². The number of unbranched alkanes of at least 4 members (excludes halogenated alkanes) is 14. The van der Waals surface area contributed by atoms with Gasteiger partial charge in [0.1, 0.15) is 16.8 Å². The minimum atomic E-state index is -1.12. The summed E-state index contributed by atoms with van der Waals surface area (Å²) in [7, 11) is 0. The van der Waals surface area contributed by atoms with Gasteiger partial charge in [-0.1, -0.05) is 149 Å². The molecule has 1 fully saturated rings. The van der Waals surface area contributed by atoms with Gasteiger partial charge in [-0.05, 0) is 73.4 Å². The maximum Gasteiger partial charge on any atom is 0.301 e. The van der Waals surface area contributed by atoms with Crippen molar-refractivity contribution in [3.63, 3.8) is 0 Å². The Morgan fingerprint density at radius 1 is 0.828 bits per heavy atom. The first-order chi connectivity index (χ1) is 28.0. The third-order valence-corrected chi connectivity index (χ3v) is 11.3. The summed E-state index contributed by atoms with van der Waals surface area (Å²) in [5.74, 6) is -1.28. The molecule has 1 atom stereocenters. The first-order valence-electron chi connectivity index (χ1n) is 20.3. The van der Waals surface area contributed by atoms with Crippen LogP contribution in [0.3, 0.4) is 0 Å². The van der Waals surface area contributed by atoms with Gasteiger partial charge in [0, 0.05) is 5.02 Å². The lowest BCUT2D eigenvalue weighted by molar-refractivity contribution is -0.138. The lowest BCUT2D eigenvalue weighted by Gasteiger charge is -2.31. The number of hydrogen-bond donors (Lipinski definition) is 2. The first kappa shape index (κ1) is 45.0. The second kappa shape index (κ2) is 22.3. The van der Waals surface area contributed by atoms with Gasteiger partial charge in [-0.15, -0.1) is 16.7 Å². The molecule has 2 heterocycles. The fraction of sp³-hybridized carbons (Fsp3) is 0.432. The number of carbonyl (C=O) groups excluding carboxylic acids is 2. The number of benzene rings is 3. The van der Waals surface area contributed by atoms with Gasteiger partial charge >= 0.3 is 5.56 Å². The molecule has 5 rings (SSSR count). The molecule has 1 aliphatic heterocycles. The zero-order valence-corrected chi connectivity index (χ0v) is 36.2. The average molecular weight is 871 g/mol. The third kappa shape index (κ3) is 12.0. The number of nitrogens with zero attached hydrogens (tertiary/aromatic N) is 5. The molecule has 10 nitrogen and oxygen atoms in total. The van der Waals surface area contributed by atoms with E-state index in [1.807, 2.05) is 12.1 Å². The van der Waals surface area contributed by atoms with Crippen LogP contribution in [0.15, 0.2) is 75.7 Å². The molecule has 58 heavy (non-hydrogen) atoms. The zero-order chi connectivity index (χ0) is 41.6. The van der Waals surface area contributed by atoms with Crippen LogP contribution in [-0.2, 0) is 9.59 Å². The van der Waals surface area contributed by atoms with E-state index in [4.69, 9.17) is 46.4 Å². The van der Waals surface area contributed by atoms with Crippen LogP contribution in [0.1, 0.15) is 121 Å². The van der Waals surface area contributed by atoms with Crippen LogP contribution in [-0.4, -0.2) is 37.1 Å². The summed E-state index contributed by atoms with van der Waals surface area (Å²) in [4.78, 5) is 41.4. The molecule has 0 spiro atoms. The molecule has 0 bridgehead atoms. The number of amides is 2. The molecule has 14 heteroatoms. The van der Waals surface area contributed by atoms with Crippen LogP contribution in [0, 0.1) is 6.92 Å². The second-order valence-electron chi connectivity index (χ2n) is 14.7. The van der Waals surface area contributed by atoms with Crippen molar-refractivity contribution in [2.75, 3.05) is 5.01 Å². The number of hydrazine groups is 1. The summed E-state index contributed by atoms with van der Waals surface area (Å²) in [6, 6.07) is 14.6. The number of halogens is 4. The number of H-pyrrole nitrogens is 1. The normalized spacial score (nSPS) is 14.5. The highest BCUT2D eigenvalue weighted by Gasteiger charge is 2.44. The quantitative estimate of drug-likeness (QED) is 0.0352. The minimum absolute atomic E-state index is 0.0525. The molecule has 3 aromatic carbocycles. The van der Waals surface area contributed by atoms with Crippen LogP contribution in [0.25, 0.3) is 11.8 Å². The molecule has 310 valence electrons. The standard InChI is InChI=1S/C44H52Cl4N6O4/c1-3-4-5-6-7-8-9-10-11-12-13-14-15-16-17-18-20-31-21-19-22-34(26-31)53(54-39(56)29-37(48)43(54)57)42-40(50-49-33-23-24-38(55)30(2)25-33)44(58)52(51-42)41-35(46)27-32(45)28-36(41)47/h18-28,37,51,55H,3-17,29H2,1-2H3. The van der Waals surface area contributed by atoms with Gasteiger partial charge in [0.2, 0.25) is 0 Å².